The Labute approximate surface area is 113 Å². The van der Waals surface area contributed by atoms with E-state index in [1.807, 2.05) is 13.8 Å². The number of aromatic amines is 1. The van der Waals surface area contributed by atoms with Crippen LogP contribution in [0.1, 0.15) is 45.4 Å². The number of rotatable bonds is 6. The number of amides is 2. The highest BCUT2D eigenvalue weighted by Gasteiger charge is 2.48. The molecule has 1 N–H and O–H groups in total. The topological polar surface area (TPSA) is 66.1 Å². The van der Waals surface area contributed by atoms with Gasteiger partial charge >= 0.3 is 0 Å². The zero-order valence-electron chi connectivity index (χ0n) is 11.6. The van der Waals surface area contributed by atoms with Crippen molar-refractivity contribution in [3.8, 4) is 0 Å². The van der Waals surface area contributed by atoms with Gasteiger partial charge in [0.05, 0.1) is 5.41 Å². The molecule has 2 amide bonds. The van der Waals surface area contributed by atoms with Crippen molar-refractivity contribution >= 4 is 11.8 Å². The largest absolute Gasteiger partial charge is 0.349 e. The van der Waals surface area contributed by atoms with Crippen molar-refractivity contribution in [1.82, 2.24) is 14.9 Å². The second-order valence-electron chi connectivity index (χ2n) is 5.15. The van der Waals surface area contributed by atoms with Gasteiger partial charge in [-0.25, -0.2) is 4.98 Å². The Bertz CT molecular complexity index is 449. The number of likely N-dealkylation sites (tertiary alicyclic amines) is 1. The molecule has 1 saturated heterocycles. The maximum atomic E-state index is 12.4. The van der Waals surface area contributed by atoms with Crippen LogP contribution < -0.4 is 0 Å². The fraction of sp³-hybridized carbons (Fsp3) is 0.643. The highest BCUT2D eigenvalue weighted by Crippen LogP contribution is 2.39. The number of aromatic nitrogens is 2. The molecule has 19 heavy (non-hydrogen) atoms. The quantitative estimate of drug-likeness (QED) is 0.797. The van der Waals surface area contributed by atoms with E-state index in [1.54, 1.807) is 12.4 Å². The molecular weight excluding hydrogens is 242 g/mol. The van der Waals surface area contributed by atoms with Crippen LogP contribution in [0.3, 0.4) is 0 Å². The zero-order chi connectivity index (χ0) is 13.9. The fourth-order valence-corrected chi connectivity index (χ4v) is 2.73. The van der Waals surface area contributed by atoms with E-state index in [2.05, 4.69) is 9.97 Å². The van der Waals surface area contributed by atoms with E-state index in [9.17, 15) is 9.59 Å². The molecule has 0 aliphatic carbocycles. The van der Waals surface area contributed by atoms with Crippen LogP contribution in [0.15, 0.2) is 12.4 Å². The van der Waals surface area contributed by atoms with Crippen LogP contribution in [0.4, 0.5) is 0 Å². The second-order valence-corrected chi connectivity index (χ2v) is 5.15. The highest BCUT2D eigenvalue weighted by molar-refractivity contribution is 6.05. The van der Waals surface area contributed by atoms with Crippen molar-refractivity contribution in [2.24, 2.45) is 5.41 Å². The Morgan fingerprint density at radius 2 is 2.11 bits per heavy atom. The van der Waals surface area contributed by atoms with Crippen LogP contribution in [0.5, 0.6) is 0 Å². The molecule has 0 radical (unpaired) electrons. The first-order valence-corrected chi connectivity index (χ1v) is 6.96. The van der Waals surface area contributed by atoms with Gasteiger partial charge in [0.2, 0.25) is 11.8 Å². The smallest absolute Gasteiger partial charge is 0.235 e. The van der Waals surface area contributed by atoms with Crippen LogP contribution in [-0.4, -0.2) is 33.2 Å². The molecule has 0 saturated carbocycles. The summed E-state index contributed by atoms with van der Waals surface area (Å²) in [5, 5.41) is 0. The van der Waals surface area contributed by atoms with E-state index in [-0.39, 0.29) is 11.8 Å². The molecule has 2 heterocycles. The van der Waals surface area contributed by atoms with Gasteiger partial charge in [0.15, 0.2) is 0 Å². The third-order valence-corrected chi connectivity index (χ3v) is 4.19. The third-order valence-electron chi connectivity index (χ3n) is 4.19. The molecule has 1 aliphatic heterocycles. The number of H-pyrrole nitrogens is 1. The number of nitrogens with one attached hydrogen (secondary N) is 1. The van der Waals surface area contributed by atoms with Gasteiger partial charge in [-0.1, -0.05) is 13.8 Å². The lowest BCUT2D eigenvalue weighted by Crippen LogP contribution is -2.36. The van der Waals surface area contributed by atoms with Crippen LogP contribution >= 0.6 is 0 Å². The minimum Gasteiger partial charge on any atom is -0.349 e. The number of carbonyl (C=O) groups excluding carboxylic acids is 2. The van der Waals surface area contributed by atoms with Gasteiger partial charge in [-0.2, -0.15) is 0 Å². The summed E-state index contributed by atoms with van der Waals surface area (Å²) < 4.78 is 0. The average molecular weight is 263 g/mol. The third kappa shape index (κ3) is 2.55. The average Bonchev–Trinajstić information content (AvgIpc) is 3.00. The number of aryl methyl sites for hydroxylation is 1. The first kappa shape index (κ1) is 13.8. The monoisotopic (exact) mass is 263 g/mol. The Hall–Kier alpha value is -1.65. The summed E-state index contributed by atoms with van der Waals surface area (Å²) in [6, 6.07) is 0. The summed E-state index contributed by atoms with van der Waals surface area (Å²) in [4.78, 5) is 33.0. The number of hydrogen-bond acceptors (Lipinski definition) is 3. The standard InChI is InChI=1S/C14H21N3O2/c1-3-14(4-2)10-12(18)17(13(14)19)9-5-6-11-15-7-8-16-11/h7-8H,3-6,9-10H2,1-2H3,(H,15,16). The molecule has 0 spiro atoms. The van der Waals surface area contributed by atoms with Gasteiger partial charge in [-0.15, -0.1) is 0 Å². The Morgan fingerprint density at radius 1 is 1.37 bits per heavy atom. The minimum absolute atomic E-state index is 0.0157. The second kappa shape index (κ2) is 5.55. The highest BCUT2D eigenvalue weighted by atomic mass is 16.2. The lowest BCUT2D eigenvalue weighted by atomic mass is 9.81. The van der Waals surface area contributed by atoms with Gasteiger partial charge in [0.1, 0.15) is 5.82 Å². The molecule has 5 heteroatoms. The summed E-state index contributed by atoms with van der Waals surface area (Å²) >= 11 is 0. The van der Waals surface area contributed by atoms with Crippen LogP contribution in [0.2, 0.25) is 0 Å². The SMILES string of the molecule is CCC1(CC)CC(=O)N(CCCc2ncc[nH]2)C1=O. The fourth-order valence-electron chi connectivity index (χ4n) is 2.73. The Morgan fingerprint density at radius 3 is 2.63 bits per heavy atom. The maximum absolute atomic E-state index is 12.4. The van der Waals surface area contributed by atoms with E-state index < -0.39 is 5.41 Å². The lowest BCUT2D eigenvalue weighted by molar-refractivity contribution is -0.141. The predicted octanol–water partition coefficient (Wildman–Crippen LogP) is 1.91. The van der Waals surface area contributed by atoms with Gasteiger partial charge in [-0.3, -0.25) is 14.5 Å². The maximum Gasteiger partial charge on any atom is 0.235 e. The number of imide groups is 1. The molecule has 1 aliphatic rings. The molecule has 0 aromatic carbocycles. The predicted molar refractivity (Wildman–Crippen MR) is 71.3 cm³/mol. The first-order chi connectivity index (χ1) is 9.13. The van der Waals surface area contributed by atoms with E-state index in [0.29, 0.717) is 13.0 Å². The normalized spacial score (nSPS) is 18.3. The number of imidazole rings is 1. The van der Waals surface area contributed by atoms with Gasteiger partial charge in [0.25, 0.3) is 0 Å². The minimum atomic E-state index is -0.443. The molecule has 0 atom stereocenters. The van der Waals surface area contributed by atoms with Crippen LogP contribution in [-0.2, 0) is 16.0 Å². The van der Waals surface area contributed by atoms with E-state index in [4.69, 9.17) is 0 Å². The first-order valence-electron chi connectivity index (χ1n) is 6.96. The molecule has 5 nitrogen and oxygen atoms in total. The molecule has 1 aromatic rings. The van der Waals surface area contributed by atoms with E-state index in [0.717, 1.165) is 31.5 Å². The number of carbonyl (C=O) groups is 2. The lowest BCUT2D eigenvalue weighted by Gasteiger charge is -2.23. The van der Waals surface area contributed by atoms with Crippen molar-refractivity contribution in [3.63, 3.8) is 0 Å². The van der Waals surface area contributed by atoms with Crippen molar-refractivity contribution in [1.29, 1.82) is 0 Å². The zero-order valence-corrected chi connectivity index (χ0v) is 11.6. The Balaban J connectivity index is 1.93. The molecular formula is C14H21N3O2. The van der Waals surface area contributed by atoms with Crippen molar-refractivity contribution in [2.45, 2.75) is 46.0 Å². The number of nitrogens with zero attached hydrogens (tertiary/aromatic N) is 2. The van der Waals surface area contributed by atoms with E-state index in [1.165, 1.54) is 4.90 Å². The molecule has 0 unspecified atom stereocenters. The van der Waals surface area contributed by atoms with Gasteiger partial charge < -0.3 is 4.98 Å². The molecule has 0 bridgehead atoms. The summed E-state index contributed by atoms with van der Waals surface area (Å²) in [5.41, 5.74) is -0.443. The Kier molecular flexibility index (Phi) is 4.02. The molecule has 104 valence electrons. The molecule has 1 aromatic heterocycles. The summed E-state index contributed by atoms with van der Waals surface area (Å²) in [6.07, 6.45) is 6.86. The van der Waals surface area contributed by atoms with E-state index >= 15 is 0 Å². The number of hydrogen-bond donors (Lipinski definition) is 1. The summed E-state index contributed by atoms with van der Waals surface area (Å²) in [6.45, 7) is 4.47. The molecule has 2 rings (SSSR count). The summed E-state index contributed by atoms with van der Waals surface area (Å²) in [5.74, 6) is 0.895. The van der Waals surface area contributed by atoms with Crippen molar-refractivity contribution in [3.05, 3.63) is 18.2 Å². The van der Waals surface area contributed by atoms with Crippen molar-refractivity contribution in [2.75, 3.05) is 6.54 Å². The summed E-state index contributed by atoms with van der Waals surface area (Å²) in [7, 11) is 0. The van der Waals surface area contributed by atoms with Crippen LogP contribution in [0, 0.1) is 5.41 Å². The van der Waals surface area contributed by atoms with Gasteiger partial charge in [0, 0.05) is 31.8 Å². The molecule has 1 fully saturated rings. The van der Waals surface area contributed by atoms with Crippen LogP contribution in [0.25, 0.3) is 0 Å². The van der Waals surface area contributed by atoms with Crippen molar-refractivity contribution < 1.29 is 9.59 Å². The van der Waals surface area contributed by atoms with Gasteiger partial charge in [-0.05, 0) is 19.3 Å².